The van der Waals surface area contributed by atoms with Gasteiger partial charge in [-0.05, 0) is 6.92 Å². The molecule has 3 N–H and O–H groups in total. The van der Waals surface area contributed by atoms with Crippen LogP contribution in [0.4, 0.5) is 13.2 Å². The quantitative estimate of drug-likeness (QED) is 0.695. The zero-order valence-corrected chi connectivity index (χ0v) is 11.5. The fourth-order valence-electron chi connectivity index (χ4n) is 1.51. The first kappa shape index (κ1) is 16.4. The van der Waals surface area contributed by atoms with Gasteiger partial charge in [0.1, 0.15) is 5.82 Å². The second-order valence-corrected chi connectivity index (χ2v) is 4.28. The minimum Gasteiger partial charge on any atom is -0.481 e. The van der Waals surface area contributed by atoms with Gasteiger partial charge in [0.25, 0.3) is 11.9 Å². The molecule has 13 heteroatoms. The summed E-state index contributed by atoms with van der Waals surface area (Å²) in [6, 6.07) is 0. The number of hydrogen-bond donors (Lipinski definition) is 3. The number of carbonyl (C=O) groups excluding carboxylic acids is 1. The Bertz CT molecular complexity index is 736. The Morgan fingerprint density at radius 1 is 1.35 bits per heavy atom. The molecule has 124 valence electrons. The van der Waals surface area contributed by atoms with Gasteiger partial charge in [0.05, 0.1) is 6.42 Å². The third-order valence-corrected chi connectivity index (χ3v) is 2.53. The number of hydrogen-bond acceptors (Lipinski definition) is 6. The van der Waals surface area contributed by atoms with Gasteiger partial charge in [0.15, 0.2) is 0 Å². The third-order valence-electron chi connectivity index (χ3n) is 2.53. The van der Waals surface area contributed by atoms with E-state index in [4.69, 9.17) is 5.11 Å². The topological polar surface area (TPSA) is 139 Å². The number of alkyl halides is 3. The summed E-state index contributed by atoms with van der Waals surface area (Å²) in [5.41, 5.74) is 0. The third kappa shape index (κ3) is 3.81. The number of carboxylic acids is 1. The second kappa shape index (κ2) is 6.02. The molecule has 0 spiro atoms. The molecule has 0 fully saturated rings. The highest BCUT2D eigenvalue weighted by Gasteiger charge is 2.35. The number of aromatic nitrogens is 6. The van der Waals surface area contributed by atoms with Crippen LogP contribution in [0, 0.1) is 6.92 Å². The van der Waals surface area contributed by atoms with Gasteiger partial charge in [-0.1, -0.05) is 0 Å². The summed E-state index contributed by atoms with van der Waals surface area (Å²) >= 11 is 0. The zero-order valence-electron chi connectivity index (χ0n) is 11.5. The van der Waals surface area contributed by atoms with Gasteiger partial charge in [-0.2, -0.15) is 22.8 Å². The lowest BCUT2D eigenvalue weighted by molar-refractivity contribution is -0.144. The summed E-state index contributed by atoms with van der Waals surface area (Å²) in [5.74, 6) is -3.85. The van der Waals surface area contributed by atoms with Gasteiger partial charge in [-0.15, -0.1) is 10.2 Å². The van der Waals surface area contributed by atoms with E-state index in [2.05, 4.69) is 25.5 Å². The van der Waals surface area contributed by atoms with Crippen LogP contribution in [0.3, 0.4) is 0 Å². The number of aryl methyl sites for hydroxylation is 1. The van der Waals surface area contributed by atoms with Gasteiger partial charge >= 0.3 is 12.1 Å². The molecule has 0 aliphatic heterocycles. The number of H-pyrrole nitrogens is 1. The van der Waals surface area contributed by atoms with Crippen LogP contribution >= 0.6 is 0 Å². The molecule has 2 aromatic rings. The van der Waals surface area contributed by atoms with Crippen molar-refractivity contribution in [2.45, 2.75) is 19.5 Å². The number of carbonyl (C=O) groups is 2. The molecular weight excluding hydrogens is 323 g/mol. The molecule has 0 bridgehead atoms. The molecule has 0 unspecified atom stereocenters. The number of rotatable bonds is 5. The van der Waals surface area contributed by atoms with E-state index in [1.807, 2.05) is 0 Å². The van der Waals surface area contributed by atoms with Crippen molar-refractivity contribution in [2.24, 2.45) is 0 Å². The number of nitrogens with one attached hydrogen (secondary N) is 2. The summed E-state index contributed by atoms with van der Waals surface area (Å²) in [4.78, 5) is 29.1. The lowest BCUT2D eigenvalue weighted by Crippen LogP contribution is -2.27. The molecule has 1 amide bonds. The molecule has 0 saturated heterocycles. The van der Waals surface area contributed by atoms with Crippen molar-refractivity contribution in [3.63, 3.8) is 0 Å². The Labute approximate surface area is 125 Å². The number of halogens is 3. The minimum absolute atomic E-state index is 0.0844. The van der Waals surface area contributed by atoms with E-state index in [1.165, 1.54) is 6.92 Å². The maximum absolute atomic E-state index is 12.5. The predicted octanol–water partition coefficient (Wildman–Crippen LogP) is -0.0829. The van der Waals surface area contributed by atoms with Crippen LogP contribution in [-0.4, -0.2) is 53.5 Å². The van der Waals surface area contributed by atoms with E-state index >= 15 is 0 Å². The zero-order chi connectivity index (χ0) is 17.2. The highest BCUT2D eigenvalue weighted by atomic mass is 19.4. The summed E-state index contributed by atoms with van der Waals surface area (Å²) < 4.78 is 38.3. The highest BCUT2D eigenvalue weighted by Crippen LogP contribution is 2.26. The number of amides is 1. The van der Waals surface area contributed by atoms with Crippen LogP contribution in [0.1, 0.15) is 28.7 Å². The first-order valence-corrected chi connectivity index (χ1v) is 6.12. The van der Waals surface area contributed by atoms with E-state index in [1.54, 1.807) is 5.10 Å². The summed E-state index contributed by atoms with van der Waals surface area (Å²) in [6.07, 6.45) is -4.99. The maximum Gasteiger partial charge on any atom is 0.451 e. The van der Waals surface area contributed by atoms with Crippen LogP contribution in [0.15, 0.2) is 0 Å². The van der Waals surface area contributed by atoms with Crippen LogP contribution in [0.2, 0.25) is 0 Å². The van der Waals surface area contributed by atoms with Crippen LogP contribution in [-0.2, 0) is 11.0 Å². The molecule has 0 radical (unpaired) electrons. The SMILES string of the molecule is Cc1nc(C(=O)NCCC(=O)O)nn1-c1n[nH]c(C(F)(F)F)n1. The lowest BCUT2D eigenvalue weighted by Gasteiger charge is -1.99. The van der Waals surface area contributed by atoms with Crippen molar-refractivity contribution in [3.8, 4) is 5.95 Å². The Hall–Kier alpha value is -2.99. The van der Waals surface area contributed by atoms with Crippen molar-refractivity contribution in [3.05, 3.63) is 17.5 Å². The molecule has 23 heavy (non-hydrogen) atoms. The van der Waals surface area contributed by atoms with Gasteiger partial charge in [0.2, 0.25) is 11.6 Å². The predicted molar refractivity (Wildman–Crippen MR) is 65.6 cm³/mol. The Balaban J connectivity index is 2.16. The highest BCUT2D eigenvalue weighted by molar-refractivity contribution is 5.90. The van der Waals surface area contributed by atoms with Crippen molar-refractivity contribution in [2.75, 3.05) is 6.54 Å². The molecule has 0 aromatic carbocycles. The molecule has 2 heterocycles. The molecular formula is C10H10F3N7O3. The van der Waals surface area contributed by atoms with Crippen LogP contribution in [0.25, 0.3) is 5.95 Å². The summed E-state index contributed by atoms with van der Waals surface area (Å²) in [6.45, 7) is 1.26. The molecule has 10 nitrogen and oxygen atoms in total. The Morgan fingerprint density at radius 2 is 2.04 bits per heavy atom. The summed E-state index contributed by atoms with van der Waals surface area (Å²) in [7, 11) is 0. The maximum atomic E-state index is 12.5. The largest absolute Gasteiger partial charge is 0.481 e. The second-order valence-electron chi connectivity index (χ2n) is 4.28. The normalized spacial score (nSPS) is 11.5. The smallest absolute Gasteiger partial charge is 0.451 e. The van der Waals surface area contributed by atoms with Gasteiger partial charge < -0.3 is 10.4 Å². The minimum atomic E-state index is -4.70. The monoisotopic (exact) mass is 333 g/mol. The molecule has 0 saturated carbocycles. The molecule has 2 aromatic heterocycles. The average Bonchev–Trinajstić information content (AvgIpc) is 3.03. The van der Waals surface area contributed by atoms with Crippen molar-refractivity contribution in [1.29, 1.82) is 0 Å². The van der Waals surface area contributed by atoms with Crippen LogP contribution in [0.5, 0.6) is 0 Å². The van der Waals surface area contributed by atoms with Crippen LogP contribution < -0.4 is 5.32 Å². The van der Waals surface area contributed by atoms with E-state index in [-0.39, 0.29) is 24.6 Å². The number of aromatic amines is 1. The van der Waals surface area contributed by atoms with Gasteiger partial charge in [-0.25, -0.2) is 4.98 Å². The lowest BCUT2D eigenvalue weighted by atomic mass is 10.4. The summed E-state index contributed by atoms with van der Waals surface area (Å²) in [5, 5.41) is 19.5. The first-order valence-electron chi connectivity index (χ1n) is 6.12. The van der Waals surface area contributed by atoms with E-state index in [0.717, 1.165) is 4.68 Å². The first-order chi connectivity index (χ1) is 10.7. The van der Waals surface area contributed by atoms with Crippen molar-refractivity contribution >= 4 is 11.9 Å². The standard InChI is InChI=1S/C10H10F3N7O3/c1-4-15-6(7(23)14-3-2-5(21)22)19-20(4)9-16-8(17-18-9)10(11,12)13/h2-3H2,1H3,(H,14,23)(H,21,22)(H,16,17,18). The number of aliphatic carboxylic acids is 1. The van der Waals surface area contributed by atoms with Gasteiger partial charge in [-0.3, -0.25) is 14.7 Å². The van der Waals surface area contributed by atoms with Gasteiger partial charge in [0, 0.05) is 6.54 Å². The Kier molecular flexibility index (Phi) is 4.29. The fourth-order valence-corrected chi connectivity index (χ4v) is 1.51. The average molecular weight is 333 g/mol. The fraction of sp³-hybridized carbons (Fsp3) is 0.400. The van der Waals surface area contributed by atoms with Crippen molar-refractivity contribution in [1.82, 2.24) is 35.3 Å². The van der Waals surface area contributed by atoms with E-state index in [9.17, 15) is 22.8 Å². The van der Waals surface area contributed by atoms with Crippen molar-refractivity contribution < 1.29 is 27.9 Å². The number of nitrogens with zero attached hydrogens (tertiary/aromatic N) is 5. The molecule has 0 aliphatic rings. The molecule has 0 atom stereocenters. The van der Waals surface area contributed by atoms with E-state index < -0.39 is 29.8 Å². The number of carboxylic acid groups (broad SMARTS) is 1. The molecule has 2 rings (SSSR count). The van der Waals surface area contributed by atoms with E-state index in [0.29, 0.717) is 0 Å². The molecule has 0 aliphatic carbocycles. The Morgan fingerprint density at radius 3 is 2.61 bits per heavy atom.